The minimum Gasteiger partial charge on any atom is -0.354 e. The first-order valence-electron chi connectivity index (χ1n) is 6.50. The average Bonchev–Trinajstić information content (AvgIpc) is 3.15. The maximum Gasteiger partial charge on any atom is 0.227 e. The largest absolute Gasteiger partial charge is 0.354 e. The highest BCUT2D eigenvalue weighted by Gasteiger charge is 2.22. The summed E-state index contributed by atoms with van der Waals surface area (Å²) in [6.45, 7) is 3.89. The topological polar surface area (TPSA) is 62.7 Å². The van der Waals surface area contributed by atoms with Crippen LogP contribution in [0.3, 0.4) is 0 Å². The molecule has 3 rings (SSSR count). The van der Waals surface area contributed by atoms with Crippen molar-refractivity contribution in [2.75, 3.05) is 23.7 Å². The van der Waals surface area contributed by atoms with Gasteiger partial charge in [-0.25, -0.2) is 0 Å². The van der Waals surface area contributed by atoms with E-state index in [4.69, 9.17) is 0 Å². The minimum atomic E-state index is 0.711. The number of rotatable bonds is 6. The molecular formula is C12H19N5. The third-order valence-corrected chi connectivity index (χ3v) is 3.24. The van der Waals surface area contributed by atoms with E-state index in [1.165, 1.54) is 25.7 Å². The number of nitrogens with zero attached hydrogens (tertiary/aromatic N) is 3. The maximum atomic E-state index is 4.39. The summed E-state index contributed by atoms with van der Waals surface area (Å²) >= 11 is 0. The third kappa shape index (κ3) is 3.28. The van der Waals surface area contributed by atoms with Gasteiger partial charge in [-0.1, -0.05) is 0 Å². The van der Waals surface area contributed by atoms with Gasteiger partial charge in [0.1, 0.15) is 5.82 Å². The summed E-state index contributed by atoms with van der Waals surface area (Å²) in [6, 6.07) is 0. The highest BCUT2D eigenvalue weighted by molar-refractivity contribution is 5.34. The second-order valence-electron chi connectivity index (χ2n) is 5.18. The Bertz CT molecular complexity index is 364. The zero-order valence-electron chi connectivity index (χ0n) is 10.2. The van der Waals surface area contributed by atoms with Gasteiger partial charge in [0.05, 0.1) is 0 Å². The summed E-state index contributed by atoms with van der Waals surface area (Å²) in [5.41, 5.74) is 0. The summed E-state index contributed by atoms with van der Waals surface area (Å²) in [5, 5.41) is 6.58. The van der Waals surface area contributed by atoms with Crippen molar-refractivity contribution in [1.29, 1.82) is 0 Å². The molecule has 2 N–H and O–H groups in total. The van der Waals surface area contributed by atoms with Gasteiger partial charge >= 0.3 is 0 Å². The van der Waals surface area contributed by atoms with E-state index in [1.807, 2.05) is 6.92 Å². The monoisotopic (exact) mass is 233 g/mol. The standard InChI is InChI=1S/C12H19N5/c1-8-15-11(13-6-9-2-3-9)17-12(16-8)14-7-10-4-5-10/h9-10H,2-7H2,1H3,(H2,13,14,15,16,17). The van der Waals surface area contributed by atoms with Crippen molar-refractivity contribution in [3.8, 4) is 0 Å². The molecule has 0 radical (unpaired) electrons. The van der Waals surface area contributed by atoms with Crippen LogP contribution < -0.4 is 10.6 Å². The highest BCUT2D eigenvalue weighted by atomic mass is 15.2. The zero-order chi connectivity index (χ0) is 11.7. The van der Waals surface area contributed by atoms with E-state index >= 15 is 0 Å². The van der Waals surface area contributed by atoms with E-state index in [1.54, 1.807) is 0 Å². The highest BCUT2D eigenvalue weighted by Crippen LogP contribution is 2.29. The van der Waals surface area contributed by atoms with Crippen LogP contribution in [0.25, 0.3) is 0 Å². The number of nitrogens with one attached hydrogen (secondary N) is 2. The normalized spacial score (nSPS) is 19.1. The zero-order valence-corrected chi connectivity index (χ0v) is 10.2. The molecule has 2 saturated carbocycles. The Kier molecular flexibility index (Phi) is 2.82. The van der Waals surface area contributed by atoms with Gasteiger partial charge in [0, 0.05) is 13.1 Å². The third-order valence-electron chi connectivity index (χ3n) is 3.24. The molecule has 0 spiro atoms. The Balaban J connectivity index is 1.60. The summed E-state index contributed by atoms with van der Waals surface area (Å²) in [5.74, 6) is 3.85. The second-order valence-corrected chi connectivity index (χ2v) is 5.18. The molecule has 0 bridgehead atoms. The van der Waals surface area contributed by atoms with Crippen molar-refractivity contribution in [1.82, 2.24) is 15.0 Å². The predicted octanol–water partition coefficient (Wildman–Crippen LogP) is 1.82. The van der Waals surface area contributed by atoms with E-state index in [0.717, 1.165) is 30.7 Å². The first-order valence-corrected chi connectivity index (χ1v) is 6.50. The van der Waals surface area contributed by atoms with Gasteiger partial charge in [-0.2, -0.15) is 15.0 Å². The van der Waals surface area contributed by atoms with Crippen LogP contribution in [0.15, 0.2) is 0 Å². The lowest BCUT2D eigenvalue weighted by molar-refractivity contribution is 0.843. The Morgan fingerprint density at radius 3 is 1.76 bits per heavy atom. The number of anilines is 2. The van der Waals surface area contributed by atoms with Crippen molar-refractivity contribution >= 4 is 11.9 Å². The lowest BCUT2D eigenvalue weighted by Gasteiger charge is -2.08. The lowest BCUT2D eigenvalue weighted by Crippen LogP contribution is -2.13. The molecule has 5 nitrogen and oxygen atoms in total. The molecule has 0 saturated heterocycles. The van der Waals surface area contributed by atoms with E-state index in [-0.39, 0.29) is 0 Å². The molecule has 0 amide bonds. The summed E-state index contributed by atoms with van der Waals surface area (Å²) in [4.78, 5) is 13.0. The van der Waals surface area contributed by atoms with Gasteiger partial charge in [-0.15, -0.1) is 0 Å². The minimum absolute atomic E-state index is 0.711. The average molecular weight is 233 g/mol. The fraction of sp³-hybridized carbons (Fsp3) is 0.750. The maximum absolute atomic E-state index is 4.39. The van der Waals surface area contributed by atoms with Crippen LogP contribution in [-0.2, 0) is 0 Å². The SMILES string of the molecule is Cc1nc(NCC2CC2)nc(NCC2CC2)n1. The van der Waals surface area contributed by atoms with Gasteiger partial charge in [-0.05, 0) is 44.4 Å². The summed E-state index contributed by atoms with van der Waals surface area (Å²) in [6.07, 6.45) is 5.35. The number of aromatic nitrogens is 3. The van der Waals surface area contributed by atoms with Crippen molar-refractivity contribution < 1.29 is 0 Å². The van der Waals surface area contributed by atoms with Crippen LogP contribution in [0.1, 0.15) is 31.5 Å². The van der Waals surface area contributed by atoms with Crippen molar-refractivity contribution in [2.45, 2.75) is 32.6 Å². The molecule has 1 aromatic heterocycles. The quantitative estimate of drug-likeness (QED) is 0.784. The number of hydrogen-bond acceptors (Lipinski definition) is 5. The molecule has 5 heteroatoms. The van der Waals surface area contributed by atoms with Crippen molar-refractivity contribution in [3.05, 3.63) is 5.82 Å². The second kappa shape index (κ2) is 4.47. The van der Waals surface area contributed by atoms with Crippen LogP contribution in [-0.4, -0.2) is 28.0 Å². The van der Waals surface area contributed by atoms with E-state index < -0.39 is 0 Å². The van der Waals surface area contributed by atoms with Gasteiger partial charge < -0.3 is 10.6 Å². The molecule has 0 aromatic carbocycles. The van der Waals surface area contributed by atoms with E-state index in [2.05, 4.69) is 25.6 Å². The molecule has 0 unspecified atom stereocenters. The Hall–Kier alpha value is -1.39. The van der Waals surface area contributed by atoms with Crippen LogP contribution in [0.4, 0.5) is 11.9 Å². The first-order chi connectivity index (χ1) is 8.29. The van der Waals surface area contributed by atoms with Gasteiger partial charge in [0.15, 0.2) is 0 Å². The van der Waals surface area contributed by atoms with Gasteiger partial charge in [-0.3, -0.25) is 0 Å². The van der Waals surface area contributed by atoms with Crippen molar-refractivity contribution in [3.63, 3.8) is 0 Å². The van der Waals surface area contributed by atoms with Crippen LogP contribution in [0.2, 0.25) is 0 Å². The fourth-order valence-corrected chi connectivity index (χ4v) is 1.76. The van der Waals surface area contributed by atoms with E-state index in [0.29, 0.717) is 11.9 Å². The fourth-order valence-electron chi connectivity index (χ4n) is 1.76. The summed E-state index contributed by atoms with van der Waals surface area (Å²) < 4.78 is 0. The van der Waals surface area contributed by atoms with Crippen LogP contribution in [0.5, 0.6) is 0 Å². The molecule has 2 fully saturated rings. The Labute approximate surface area is 101 Å². The molecule has 2 aliphatic rings. The van der Waals surface area contributed by atoms with Gasteiger partial charge in [0.25, 0.3) is 0 Å². The van der Waals surface area contributed by atoms with E-state index in [9.17, 15) is 0 Å². The Morgan fingerprint density at radius 2 is 1.35 bits per heavy atom. The number of aryl methyl sites for hydroxylation is 1. The lowest BCUT2D eigenvalue weighted by atomic mass is 10.4. The smallest absolute Gasteiger partial charge is 0.227 e. The van der Waals surface area contributed by atoms with Crippen LogP contribution >= 0.6 is 0 Å². The molecule has 0 aliphatic heterocycles. The number of hydrogen-bond donors (Lipinski definition) is 2. The predicted molar refractivity (Wildman–Crippen MR) is 67.0 cm³/mol. The molecule has 1 heterocycles. The molecule has 92 valence electrons. The van der Waals surface area contributed by atoms with Crippen LogP contribution in [0, 0.1) is 18.8 Å². The molecule has 1 aromatic rings. The Morgan fingerprint density at radius 1 is 0.882 bits per heavy atom. The molecule has 0 atom stereocenters. The molecule has 2 aliphatic carbocycles. The summed E-state index contributed by atoms with van der Waals surface area (Å²) in [7, 11) is 0. The van der Waals surface area contributed by atoms with Gasteiger partial charge in [0.2, 0.25) is 11.9 Å². The molecule has 17 heavy (non-hydrogen) atoms. The molecular weight excluding hydrogens is 214 g/mol. The first kappa shape index (κ1) is 10.7. The van der Waals surface area contributed by atoms with Crippen molar-refractivity contribution in [2.24, 2.45) is 11.8 Å².